The van der Waals surface area contributed by atoms with Crippen molar-refractivity contribution in [3.63, 3.8) is 0 Å². The zero-order valence-electron chi connectivity index (χ0n) is 14.3. The Morgan fingerprint density at radius 1 is 1.27 bits per heavy atom. The lowest BCUT2D eigenvalue weighted by molar-refractivity contribution is -0.154. The number of fused-ring (bicyclic) bond motifs is 5. The van der Waals surface area contributed by atoms with E-state index >= 15 is 0 Å². The lowest BCUT2D eigenvalue weighted by Gasteiger charge is -2.19. The number of amides is 3. The number of ether oxygens (including phenoxy) is 1. The first-order valence-electron chi connectivity index (χ1n) is 8.68. The first kappa shape index (κ1) is 16.7. The largest absolute Gasteiger partial charge is 0.454 e. The molecule has 26 heavy (non-hydrogen) atoms. The monoisotopic (exact) mass is 361 g/mol. The number of aryl methyl sites for hydroxylation is 1. The fourth-order valence-electron chi connectivity index (χ4n) is 4.55. The predicted molar refractivity (Wildman–Crippen MR) is 85.4 cm³/mol. The van der Waals surface area contributed by atoms with Crippen LogP contribution in [0.3, 0.4) is 0 Å². The molecule has 1 aliphatic heterocycles. The topological polar surface area (TPSA) is 119 Å². The fraction of sp³-hybridized carbons (Fsp3) is 0.588. The van der Waals surface area contributed by atoms with E-state index in [1.54, 1.807) is 6.92 Å². The summed E-state index contributed by atoms with van der Waals surface area (Å²) in [5, 5.41) is 6.01. The molecule has 1 aromatic rings. The summed E-state index contributed by atoms with van der Waals surface area (Å²) < 4.78 is 9.69. The molecule has 4 unspecified atom stereocenters. The maximum Gasteiger partial charge on any atom is 0.326 e. The van der Waals surface area contributed by atoms with Crippen molar-refractivity contribution in [1.29, 1.82) is 0 Å². The highest BCUT2D eigenvalue weighted by molar-refractivity contribution is 6.07. The van der Waals surface area contributed by atoms with Crippen molar-refractivity contribution in [2.24, 2.45) is 23.7 Å². The number of hydrogen-bond acceptors (Lipinski definition) is 7. The molecule has 138 valence electrons. The van der Waals surface area contributed by atoms with E-state index in [4.69, 9.17) is 9.26 Å². The Labute approximate surface area is 149 Å². The Morgan fingerprint density at radius 2 is 1.92 bits per heavy atom. The molecular weight excluding hydrogens is 342 g/mol. The molecule has 0 radical (unpaired) electrons. The van der Waals surface area contributed by atoms with Crippen LogP contribution < -0.4 is 5.32 Å². The number of rotatable bonds is 5. The number of anilines is 1. The van der Waals surface area contributed by atoms with Crippen LogP contribution in [0, 0.1) is 30.6 Å². The number of nitrogens with zero attached hydrogens (tertiary/aromatic N) is 2. The minimum atomic E-state index is -0.787. The number of nitrogens with one attached hydrogen (secondary N) is 1. The molecule has 2 bridgehead atoms. The third-order valence-electron chi connectivity index (χ3n) is 5.57. The average Bonchev–Trinajstić information content (AvgIpc) is 3.35. The van der Waals surface area contributed by atoms with Crippen molar-refractivity contribution >= 4 is 29.5 Å². The van der Waals surface area contributed by atoms with Crippen molar-refractivity contribution in [3.05, 3.63) is 11.8 Å². The van der Waals surface area contributed by atoms with Crippen LogP contribution in [0.15, 0.2) is 10.6 Å². The van der Waals surface area contributed by atoms with E-state index in [-0.39, 0.29) is 41.3 Å². The van der Waals surface area contributed by atoms with E-state index in [0.717, 1.165) is 24.2 Å². The van der Waals surface area contributed by atoms with Gasteiger partial charge in [0.1, 0.15) is 12.3 Å². The summed E-state index contributed by atoms with van der Waals surface area (Å²) in [6, 6.07) is 1.52. The van der Waals surface area contributed by atoms with Crippen LogP contribution >= 0.6 is 0 Å². The quantitative estimate of drug-likeness (QED) is 0.599. The Morgan fingerprint density at radius 3 is 2.50 bits per heavy atom. The Bertz CT molecular complexity index is 759. The van der Waals surface area contributed by atoms with Crippen molar-refractivity contribution in [1.82, 2.24) is 10.1 Å². The third kappa shape index (κ3) is 2.77. The van der Waals surface area contributed by atoms with E-state index in [0.29, 0.717) is 5.76 Å². The lowest BCUT2D eigenvalue weighted by Crippen LogP contribution is -2.38. The first-order chi connectivity index (χ1) is 12.4. The van der Waals surface area contributed by atoms with Gasteiger partial charge in [0, 0.05) is 6.07 Å². The molecular formula is C17H19N3O6. The third-order valence-corrected chi connectivity index (χ3v) is 5.57. The van der Waals surface area contributed by atoms with Gasteiger partial charge >= 0.3 is 5.97 Å². The number of imide groups is 1. The van der Waals surface area contributed by atoms with Gasteiger partial charge in [-0.1, -0.05) is 5.16 Å². The number of carbonyl (C=O) groups excluding carboxylic acids is 4. The van der Waals surface area contributed by atoms with E-state index in [2.05, 4.69) is 10.5 Å². The number of likely N-dealkylation sites (tertiary alicyclic amines) is 1. The molecule has 3 amide bonds. The molecule has 9 nitrogen and oxygen atoms in total. The average molecular weight is 361 g/mol. The molecule has 2 aliphatic carbocycles. The fourth-order valence-corrected chi connectivity index (χ4v) is 4.55. The van der Waals surface area contributed by atoms with Gasteiger partial charge in [-0.2, -0.15) is 0 Å². The molecule has 0 spiro atoms. The molecule has 3 aliphatic rings. The van der Waals surface area contributed by atoms with Gasteiger partial charge in [0.05, 0.1) is 11.8 Å². The van der Waals surface area contributed by atoms with Gasteiger partial charge in [0.15, 0.2) is 12.4 Å². The predicted octanol–water partition coefficient (Wildman–Crippen LogP) is 0.496. The zero-order valence-corrected chi connectivity index (χ0v) is 14.3. The molecule has 2 heterocycles. The minimum Gasteiger partial charge on any atom is -0.454 e. The molecule has 1 N–H and O–H groups in total. The second-order valence-electron chi connectivity index (χ2n) is 7.18. The first-order valence-corrected chi connectivity index (χ1v) is 8.68. The van der Waals surface area contributed by atoms with E-state index < -0.39 is 25.0 Å². The summed E-state index contributed by atoms with van der Waals surface area (Å²) in [5.41, 5.74) is 0. The summed E-state index contributed by atoms with van der Waals surface area (Å²) in [6.07, 6.45) is 2.89. The van der Waals surface area contributed by atoms with E-state index in [1.807, 2.05) is 0 Å². The number of carbonyl (C=O) groups is 4. The minimum absolute atomic E-state index is 0.219. The van der Waals surface area contributed by atoms with Gasteiger partial charge < -0.3 is 14.6 Å². The smallest absolute Gasteiger partial charge is 0.326 e. The molecule has 9 heteroatoms. The van der Waals surface area contributed by atoms with Gasteiger partial charge in [0.25, 0.3) is 5.91 Å². The van der Waals surface area contributed by atoms with E-state index in [1.165, 1.54) is 6.07 Å². The number of aromatic nitrogens is 1. The van der Waals surface area contributed by atoms with Gasteiger partial charge in [0.2, 0.25) is 11.8 Å². The van der Waals surface area contributed by atoms with Gasteiger partial charge in [-0.05, 0) is 38.0 Å². The van der Waals surface area contributed by atoms with Crippen LogP contribution in [0.4, 0.5) is 5.82 Å². The normalized spacial score (nSPS) is 29.2. The van der Waals surface area contributed by atoms with Crippen LogP contribution in [0.25, 0.3) is 0 Å². The SMILES string of the molecule is Cc1cc(NC(=O)COC(=O)CN2C(=O)C3C4CCC(C4)C3C2=O)no1. The maximum atomic E-state index is 12.5. The summed E-state index contributed by atoms with van der Waals surface area (Å²) in [5.74, 6) is -1.18. The van der Waals surface area contributed by atoms with Crippen LogP contribution in [0.1, 0.15) is 25.0 Å². The molecule has 0 aromatic carbocycles. The van der Waals surface area contributed by atoms with E-state index in [9.17, 15) is 19.2 Å². The molecule has 4 rings (SSSR count). The van der Waals surface area contributed by atoms with Crippen molar-refractivity contribution in [3.8, 4) is 0 Å². The summed E-state index contributed by atoms with van der Waals surface area (Å²) in [7, 11) is 0. The zero-order chi connectivity index (χ0) is 18.4. The number of hydrogen-bond donors (Lipinski definition) is 1. The molecule has 3 fully saturated rings. The van der Waals surface area contributed by atoms with Crippen LogP contribution in [0.5, 0.6) is 0 Å². The molecule has 4 atom stereocenters. The number of esters is 1. The lowest BCUT2D eigenvalue weighted by atomic mass is 9.81. The van der Waals surface area contributed by atoms with Crippen LogP contribution in [-0.4, -0.2) is 46.9 Å². The van der Waals surface area contributed by atoms with Gasteiger partial charge in [-0.3, -0.25) is 24.1 Å². The standard InChI is InChI=1S/C17H19N3O6/c1-8-4-11(19-26-8)18-12(21)7-25-13(22)6-20-16(23)14-9-2-3-10(5-9)15(14)17(20)24/h4,9-10,14-15H,2-3,5-7H2,1H3,(H,18,19,21). The highest BCUT2D eigenvalue weighted by Gasteiger charge is 2.61. The van der Waals surface area contributed by atoms with Crippen molar-refractivity contribution < 1.29 is 28.4 Å². The molecule has 2 saturated carbocycles. The Balaban J connectivity index is 1.29. The van der Waals surface area contributed by atoms with Crippen LogP contribution in [0.2, 0.25) is 0 Å². The van der Waals surface area contributed by atoms with Crippen LogP contribution in [-0.2, 0) is 23.9 Å². The van der Waals surface area contributed by atoms with Gasteiger partial charge in [-0.25, -0.2) is 0 Å². The molecule has 1 saturated heterocycles. The Kier molecular flexibility index (Phi) is 4.01. The molecule has 1 aromatic heterocycles. The second kappa shape index (κ2) is 6.22. The van der Waals surface area contributed by atoms with Gasteiger partial charge in [-0.15, -0.1) is 0 Å². The summed E-state index contributed by atoms with van der Waals surface area (Å²) in [6.45, 7) is 0.702. The van der Waals surface area contributed by atoms with Crippen molar-refractivity contribution in [2.45, 2.75) is 26.2 Å². The van der Waals surface area contributed by atoms with Crippen molar-refractivity contribution in [2.75, 3.05) is 18.5 Å². The summed E-state index contributed by atoms with van der Waals surface area (Å²) >= 11 is 0. The highest BCUT2D eigenvalue weighted by atomic mass is 16.5. The Hall–Kier alpha value is -2.71. The second-order valence-corrected chi connectivity index (χ2v) is 7.18. The maximum absolute atomic E-state index is 12.5. The highest BCUT2D eigenvalue weighted by Crippen LogP contribution is 2.56. The summed E-state index contributed by atoms with van der Waals surface area (Å²) in [4.78, 5) is 49.7.